The second kappa shape index (κ2) is 6.76. The molecule has 0 aromatic rings. The van der Waals surface area contributed by atoms with Gasteiger partial charge in [0.05, 0.1) is 18.7 Å². The Kier molecular flexibility index (Phi) is 5.60. The molecule has 0 radical (unpaired) electrons. The largest absolute Gasteiger partial charge is 0.396 e. The quantitative estimate of drug-likeness (QED) is 0.546. The number of hydrogen-bond donors (Lipinski definition) is 3. The number of amides is 1. The molecule has 1 amide bonds. The van der Waals surface area contributed by atoms with Crippen molar-refractivity contribution in [2.75, 3.05) is 26.9 Å². The van der Waals surface area contributed by atoms with E-state index in [1.807, 2.05) is 0 Å². The van der Waals surface area contributed by atoms with Gasteiger partial charge in [-0.2, -0.15) is 0 Å². The summed E-state index contributed by atoms with van der Waals surface area (Å²) in [6.07, 6.45) is 2.48. The molecule has 2 atom stereocenters. The number of methoxy groups -OCH3 is 1. The fourth-order valence-corrected chi connectivity index (χ4v) is 1.76. The Hall–Kier alpha value is -0.650. The molecule has 1 unspecified atom stereocenters. The molecule has 1 rings (SSSR count). The normalized spacial score (nSPS) is 22.7. The van der Waals surface area contributed by atoms with Crippen molar-refractivity contribution in [2.45, 2.75) is 31.3 Å². The lowest BCUT2D eigenvalue weighted by atomic mass is 10.1. The molecule has 0 bridgehead atoms. The summed E-state index contributed by atoms with van der Waals surface area (Å²) in [6.45, 7) is 1.42. The summed E-state index contributed by atoms with van der Waals surface area (Å²) < 4.78 is 4.97. The van der Waals surface area contributed by atoms with Crippen LogP contribution in [0.15, 0.2) is 0 Å². The molecule has 1 heterocycles. The van der Waals surface area contributed by atoms with Crippen molar-refractivity contribution >= 4 is 5.91 Å². The van der Waals surface area contributed by atoms with Crippen molar-refractivity contribution in [1.82, 2.24) is 10.6 Å². The van der Waals surface area contributed by atoms with E-state index in [1.165, 1.54) is 0 Å². The SMILES string of the molecule is COCC(CCO)NC(=O)[C@@H]1CCCN1. The van der Waals surface area contributed by atoms with Crippen LogP contribution in [0.2, 0.25) is 0 Å². The van der Waals surface area contributed by atoms with Gasteiger partial charge in [-0.1, -0.05) is 0 Å². The topological polar surface area (TPSA) is 70.6 Å². The Labute approximate surface area is 90.2 Å². The molecule has 5 heteroatoms. The van der Waals surface area contributed by atoms with Gasteiger partial charge < -0.3 is 20.5 Å². The molecule has 0 saturated carbocycles. The van der Waals surface area contributed by atoms with Crippen LogP contribution in [0, 0.1) is 0 Å². The van der Waals surface area contributed by atoms with Crippen LogP contribution in [-0.4, -0.2) is 50.0 Å². The lowest BCUT2D eigenvalue weighted by Gasteiger charge is -2.19. The first-order valence-electron chi connectivity index (χ1n) is 5.41. The average Bonchev–Trinajstić information content (AvgIpc) is 2.71. The summed E-state index contributed by atoms with van der Waals surface area (Å²) >= 11 is 0. The highest BCUT2D eigenvalue weighted by molar-refractivity contribution is 5.82. The molecule has 1 aliphatic heterocycles. The highest BCUT2D eigenvalue weighted by Crippen LogP contribution is 2.05. The Morgan fingerprint density at radius 2 is 2.53 bits per heavy atom. The monoisotopic (exact) mass is 216 g/mol. The second-order valence-electron chi connectivity index (χ2n) is 3.82. The number of nitrogens with one attached hydrogen (secondary N) is 2. The molecule has 88 valence electrons. The van der Waals surface area contributed by atoms with Crippen LogP contribution in [0.4, 0.5) is 0 Å². The standard InChI is InChI=1S/C10H20N2O3/c1-15-7-8(4-6-13)12-10(14)9-3-2-5-11-9/h8-9,11,13H,2-7H2,1H3,(H,12,14)/t8?,9-/m0/s1. The first kappa shape index (κ1) is 12.4. The highest BCUT2D eigenvalue weighted by Gasteiger charge is 2.23. The lowest BCUT2D eigenvalue weighted by molar-refractivity contribution is -0.124. The van der Waals surface area contributed by atoms with Crippen molar-refractivity contribution in [1.29, 1.82) is 0 Å². The minimum Gasteiger partial charge on any atom is -0.396 e. The predicted octanol–water partition coefficient (Wildman–Crippen LogP) is -0.748. The maximum atomic E-state index is 11.7. The summed E-state index contributed by atoms with van der Waals surface area (Å²) in [7, 11) is 1.59. The number of carbonyl (C=O) groups is 1. The van der Waals surface area contributed by atoms with Gasteiger partial charge in [-0.15, -0.1) is 0 Å². The van der Waals surface area contributed by atoms with Crippen LogP contribution in [-0.2, 0) is 9.53 Å². The first-order valence-corrected chi connectivity index (χ1v) is 5.41. The van der Waals surface area contributed by atoms with Gasteiger partial charge in [0, 0.05) is 13.7 Å². The van der Waals surface area contributed by atoms with Gasteiger partial charge in [-0.25, -0.2) is 0 Å². The fraction of sp³-hybridized carbons (Fsp3) is 0.900. The number of aliphatic hydroxyl groups is 1. The van der Waals surface area contributed by atoms with Gasteiger partial charge >= 0.3 is 0 Å². The minimum atomic E-state index is -0.0881. The highest BCUT2D eigenvalue weighted by atomic mass is 16.5. The van der Waals surface area contributed by atoms with Gasteiger partial charge in [0.15, 0.2) is 0 Å². The molecule has 5 nitrogen and oxygen atoms in total. The number of ether oxygens (including phenoxy) is 1. The van der Waals surface area contributed by atoms with E-state index < -0.39 is 0 Å². The van der Waals surface area contributed by atoms with E-state index >= 15 is 0 Å². The maximum Gasteiger partial charge on any atom is 0.237 e. The van der Waals surface area contributed by atoms with Crippen molar-refractivity contribution in [2.24, 2.45) is 0 Å². The molecule has 0 aromatic carbocycles. The van der Waals surface area contributed by atoms with Crippen LogP contribution in [0.25, 0.3) is 0 Å². The zero-order valence-electron chi connectivity index (χ0n) is 9.16. The smallest absolute Gasteiger partial charge is 0.237 e. The molecule has 15 heavy (non-hydrogen) atoms. The van der Waals surface area contributed by atoms with E-state index in [0.717, 1.165) is 19.4 Å². The molecule has 0 aromatic heterocycles. The number of hydrogen-bond acceptors (Lipinski definition) is 4. The summed E-state index contributed by atoms with van der Waals surface area (Å²) in [5.41, 5.74) is 0. The van der Waals surface area contributed by atoms with E-state index in [-0.39, 0.29) is 24.6 Å². The van der Waals surface area contributed by atoms with E-state index in [1.54, 1.807) is 7.11 Å². The minimum absolute atomic E-state index is 0.0167. The van der Waals surface area contributed by atoms with Gasteiger partial charge in [0.1, 0.15) is 0 Å². The predicted molar refractivity (Wildman–Crippen MR) is 56.5 cm³/mol. The second-order valence-corrected chi connectivity index (χ2v) is 3.82. The zero-order valence-corrected chi connectivity index (χ0v) is 9.16. The zero-order chi connectivity index (χ0) is 11.1. The van der Waals surface area contributed by atoms with E-state index in [2.05, 4.69) is 10.6 Å². The number of carbonyl (C=O) groups excluding carboxylic acids is 1. The molecule has 1 aliphatic rings. The molecule has 0 spiro atoms. The third kappa shape index (κ3) is 4.15. The van der Waals surface area contributed by atoms with E-state index in [4.69, 9.17) is 9.84 Å². The van der Waals surface area contributed by atoms with Crippen molar-refractivity contribution < 1.29 is 14.6 Å². The summed E-state index contributed by atoms with van der Waals surface area (Å²) in [4.78, 5) is 11.7. The summed E-state index contributed by atoms with van der Waals surface area (Å²) in [6, 6.07) is -0.155. The van der Waals surface area contributed by atoms with E-state index in [9.17, 15) is 4.79 Å². The first-order chi connectivity index (χ1) is 7.27. The van der Waals surface area contributed by atoms with Crippen molar-refractivity contribution in [3.8, 4) is 0 Å². The van der Waals surface area contributed by atoms with Gasteiger partial charge in [-0.05, 0) is 25.8 Å². The summed E-state index contributed by atoms with van der Waals surface area (Å²) in [5.74, 6) is 0.0167. The molecular formula is C10H20N2O3. The third-order valence-electron chi connectivity index (χ3n) is 2.57. The van der Waals surface area contributed by atoms with Gasteiger partial charge in [0.2, 0.25) is 5.91 Å². The van der Waals surface area contributed by atoms with Gasteiger partial charge in [0.25, 0.3) is 0 Å². The Morgan fingerprint density at radius 1 is 1.73 bits per heavy atom. The lowest BCUT2D eigenvalue weighted by Crippen LogP contribution is -2.47. The molecule has 0 aliphatic carbocycles. The molecular weight excluding hydrogens is 196 g/mol. The van der Waals surface area contributed by atoms with Crippen LogP contribution in [0.5, 0.6) is 0 Å². The van der Waals surface area contributed by atoms with Crippen LogP contribution in [0.3, 0.4) is 0 Å². The van der Waals surface area contributed by atoms with Crippen LogP contribution < -0.4 is 10.6 Å². The van der Waals surface area contributed by atoms with Crippen molar-refractivity contribution in [3.05, 3.63) is 0 Å². The molecule has 3 N–H and O–H groups in total. The van der Waals surface area contributed by atoms with Crippen LogP contribution >= 0.6 is 0 Å². The Balaban J connectivity index is 2.31. The van der Waals surface area contributed by atoms with Crippen molar-refractivity contribution in [3.63, 3.8) is 0 Å². The Bertz CT molecular complexity index is 187. The Morgan fingerprint density at radius 3 is 3.07 bits per heavy atom. The molecule has 1 fully saturated rings. The van der Waals surface area contributed by atoms with Crippen LogP contribution in [0.1, 0.15) is 19.3 Å². The third-order valence-corrected chi connectivity index (χ3v) is 2.57. The number of rotatable bonds is 6. The summed E-state index contributed by atoms with van der Waals surface area (Å²) in [5, 5.41) is 14.8. The number of aliphatic hydroxyl groups excluding tert-OH is 1. The fourth-order valence-electron chi connectivity index (χ4n) is 1.76. The average molecular weight is 216 g/mol. The van der Waals surface area contributed by atoms with Gasteiger partial charge in [-0.3, -0.25) is 4.79 Å². The van der Waals surface area contributed by atoms with E-state index in [0.29, 0.717) is 13.0 Å². The molecule has 1 saturated heterocycles. The maximum absolute atomic E-state index is 11.7.